The number of aromatic amines is 1. The van der Waals surface area contributed by atoms with E-state index in [1.54, 1.807) is 18.2 Å². The van der Waals surface area contributed by atoms with Crippen LogP contribution in [0.15, 0.2) is 42.5 Å². The summed E-state index contributed by atoms with van der Waals surface area (Å²) < 4.78 is 0. The quantitative estimate of drug-likeness (QED) is 0.502. The highest BCUT2D eigenvalue weighted by atomic mass is 35.5. The van der Waals surface area contributed by atoms with Crippen molar-refractivity contribution < 1.29 is 9.90 Å². The molecule has 7 nitrogen and oxygen atoms in total. The van der Waals surface area contributed by atoms with E-state index in [-0.39, 0.29) is 11.7 Å². The van der Waals surface area contributed by atoms with Gasteiger partial charge in [0.05, 0.1) is 5.56 Å². The minimum Gasteiger partial charge on any atom is -0.507 e. The Morgan fingerprint density at radius 1 is 1.29 bits per heavy atom. The number of tetrazole rings is 1. The zero-order valence-corrected chi connectivity index (χ0v) is 16.3. The van der Waals surface area contributed by atoms with E-state index in [0.29, 0.717) is 28.9 Å². The molecule has 1 atom stereocenters. The smallest absolute Gasteiger partial charge is 0.255 e. The summed E-state index contributed by atoms with van der Waals surface area (Å²) in [5.74, 6) is 0.656. The lowest BCUT2D eigenvalue weighted by Gasteiger charge is -2.14. The van der Waals surface area contributed by atoms with Gasteiger partial charge in [-0.15, -0.1) is 10.2 Å². The lowest BCUT2D eigenvalue weighted by molar-refractivity contribution is 0.0950. The maximum atomic E-state index is 12.1. The summed E-state index contributed by atoms with van der Waals surface area (Å²) >= 11 is 6.16. The first-order valence-corrected chi connectivity index (χ1v) is 9.51. The van der Waals surface area contributed by atoms with E-state index < -0.39 is 0 Å². The van der Waals surface area contributed by atoms with E-state index in [9.17, 15) is 9.90 Å². The fourth-order valence-corrected chi connectivity index (χ4v) is 3.31. The number of carbonyl (C=O) groups excluding carboxylic acids is 1. The van der Waals surface area contributed by atoms with Gasteiger partial charge < -0.3 is 10.4 Å². The topological polar surface area (TPSA) is 104 Å². The normalized spacial score (nSPS) is 11.9. The Bertz CT molecular complexity index is 930. The van der Waals surface area contributed by atoms with E-state index in [0.717, 1.165) is 30.4 Å². The van der Waals surface area contributed by atoms with Crippen molar-refractivity contribution in [3.63, 3.8) is 0 Å². The summed E-state index contributed by atoms with van der Waals surface area (Å²) in [5, 5.41) is 27.5. The molecule has 2 aromatic carbocycles. The zero-order chi connectivity index (χ0) is 19.9. The molecular weight excluding hydrogens is 378 g/mol. The standard InChI is InChI=1S/C20H22ClN5O2/c1-13(5-4-10-22-20(28)17-6-2-3-7-18(17)27)11-14-12-15(21)8-9-16(14)19-23-25-26-24-19/h2-3,6-9,12-13,27H,4-5,10-11H2,1H3,(H,22,28)(H,23,24,25,26). The molecule has 1 unspecified atom stereocenters. The number of aromatic nitrogens is 4. The Labute approximate surface area is 168 Å². The van der Waals surface area contributed by atoms with Crippen molar-refractivity contribution >= 4 is 17.5 Å². The fourth-order valence-electron chi connectivity index (χ4n) is 3.12. The first kappa shape index (κ1) is 19.8. The molecule has 0 aliphatic carbocycles. The summed E-state index contributed by atoms with van der Waals surface area (Å²) in [6.07, 6.45) is 2.58. The Kier molecular flexibility index (Phi) is 6.60. The monoisotopic (exact) mass is 399 g/mol. The molecule has 0 spiro atoms. The average molecular weight is 400 g/mol. The van der Waals surface area contributed by atoms with Crippen molar-refractivity contribution in [3.05, 3.63) is 58.6 Å². The maximum Gasteiger partial charge on any atom is 0.255 e. The van der Waals surface area contributed by atoms with Crippen LogP contribution in [-0.4, -0.2) is 38.2 Å². The van der Waals surface area contributed by atoms with Crippen LogP contribution in [0.25, 0.3) is 11.4 Å². The number of hydrogen-bond acceptors (Lipinski definition) is 5. The van der Waals surface area contributed by atoms with E-state index in [1.807, 2.05) is 18.2 Å². The number of halogens is 1. The van der Waals surface area contributed by atoms with Crippen molar-refractivity contribution in [3.8, 4) is 17.1 Å². The molecule has 28 heavy (non-hydrogen) atoms. The molecular formula is C20H22ClN5O2. The van der Waals surface area contributed by atoms with Gasteiger partial charge in [-0.05, 0) is 66.3 Å². The van der Waals surface area contributed by atoms with Crippen molar-refractivity contribution in [2.75, 3.05) is 6.54 Å². The predicted molar refractivity (Wildman–Crippen MR) is 107 cm³/mol. The number of carbonyl (C=O) groups is 1. The molecule has 0 aliphatic rings. The first-order valence-electron chi connectivity index (χ1n) is 9.13. The summed E-state index contributed by atoms with van der Waals surface area (Å²) in [7, 11) is 0. The predicted octanol–water partition coefficient (Wildman–Crippen LogP) is 3.61. The lowest BCUT2D eigenvalue weighted by atomic mass is 9.93. The molecule has 1 aromatic heterocycles. The van der Waals surface area contributed by atoms with Gasteiger partial charge in [0.1, 0.15) is 5.75 Å². The second-order valence-electron chi connectivity index (χ2n) is 6.76. The number of aromatic hydroxyl groups is 1. The molecule has 146 valence electrons. The van der Waals surface area contributed by atoms with Gasteiger partial charge in [0.25, 0.3) is 5.91 Å². The highest BCUT2D eigenvalue weighted by Crippen LogP contribution is 2.26. The van der Waals surface area contributed by atoms with Crippen LogP contribution in [0.2, 0.25) is 5.02 Å². The molecule has 0 aliphatic heterocycles. The molecule has 0 bridgehead atoms. The SMILES string of the molecule is CC(CCCNC(=O)c1ccccc1O)Cc1cc(Cl)ccc1-c1nn[nH]n1. The van der Waals surface area contributed by atoms with Gasteiger partial charge in [0.15, 0.2) is 0 Å². The summed E-state index contributed by atoms with van der Waals surface area (Å²) in [6.45, 7) is 2.70. The van der Waals surface area contributed by atoms with E-state index >= 15 is 0 Å². The van der Waals surface area contributed by atoms with Crippen LogP contribution < -0.4 is 5.32 Å². The molecule has 0 saturated heterocycles. The fraction of sp³-hybridized carbons (Fsp3) is 0.300. The highest BCUT2D eigenvalue weighted by Gasteiger charge is 2.14. The molecule has 0 radical (unpaired) electrons. The molecule has 8 heteroatoms. The third-order valence-electron chi connectivity index (χ3n) is 4.53. The van der Waals surface area contributed by atoms with Crippen molar-refractivity contribution in [1.29, 1.82) is 0 Å². The molecule has 3 rings (SSSR count). The van der Waals surface area contributed by atoms with E-state index in [1.165, 1.54) is 6.07 Å². The maximum absolute atomic E-state index is 12.1. The van der Waals surface area contributed by atoms with Gasteiger partial charge in [-0.3, -0.25) is 4.79 Å². The van der Waals surface area contributed by atoms with Gasteiger partial charge in [-0.25, -0.2) is 0 Å². The van der Waals surface area contributed by atoms with Crippen LogP contribution >= 0.6 is 11.6 Å². The number of H-pyrrole nitrogens is 1. The van der Waals surface area contributed by atoms with Crippen molar-refractivity contribution in [2.24, 2.45) is 5.92 Å². The minimum atomic E-state index is -0.264. The first-order chi connectivity index (χ1) is 13.5. The number of hydrogen-bond donors (Lipinski definition) is 3. The molecule has 0 fully saturated rings. The van der Waals surface area contributed by atoms with Crippen molar-refractivity contribution in [2.45, 2.75) is 26.2 Å². The van der Waals surface area contributed by atoms with Gasteiger partial charge in [-0.2, -0.15) is 5.21 Å². The Balaban J connectivity index is 1.51. The summed E-state index contributed by atoms with van der Waals surface area (Å²) in [4.78, 5) is 12.1. The number of para-hydroxylation sites is 1. The molecule has 3 N–H and O–H groups in total. The number of nitrogens with zero attached hydrogens (tertiary/aromatic N) is 3. The Hall–Kier alpha value is -2.93. The Morgan fingerprint density at radius 2 is 2.11 bits per heavy atom. The van der Waals surface area contributed by atoms with Gasteiger partial charge in [-0.1, -0.05) is 30.7 Å². The number of rotatable bonds is 8. The number of benzene rings is 2. The molecule has 3 aromatic rings. The average Bonchev–Trinajstić information content (AvgIpc) is 3.20. The van der Waals surface area contributed by atoms with Crippen molar-refractivity contribution in [1.82, 2.24) is 25.9 Å². The molecule has 1 heterocycles. The summed E-state index contributed by atoms with van der Waals surface area (Å²) in [6, 6.07) is 12.2. The lowest BCUT2D eigenvalue weighted by Crippen LogP contribution is -2.24. The van der Waals surface area contributed by atoms with Gasteiger partial charge >= 0.3 is 0 Å². The number of amides is 1. The van der Waals surface area contributed by atoms with Crippen LogP contribution in [-0.2, 0) is 6.42 Å². The second kappa shape index (κ2) is 9.32. The Morgan fingerprint density at radius 3 is 2.86 bits per heavy atom. The van der Waals surface area contributed by atoms with Gasteiger partial charge in [0, 0.05) is 17.1 Å². The van der Waals surface area contributed by atoms with Crippen LogP contribution in [0.5, 0.6) is 5.75 Å². The minimum absolute atomic E-state index is 0.0108. The zero-order valence-electron chi connectivity index (χ0n) is 15.5. The highest BCUT2D eigenvalue weighted by molar-refractivity contribution is 6.30. The number of phenols is 1. The van der Waals surface area contributed by atoms with Crippen LogP contribution in [0.1, 0.15) is 35.7 Å². The second-order valence-corrected chi connectivity index (χ2v) is 7.20. The third kappa shape index (κ3) is 5.07. The largest absolute Gasteiger partial charge is 0.507 e. The van der Waals surface area contributed by atoms with Crippen LogP contribution in [0, 0.1) is 5.92 Å². The third-order valence-corrected chi connectivity index (χ3v) is 4.76. The number of phenolic OH excluding ortho intramolecular Hbond substituents is 1. The van der Waals surface area contributed by atoms with Gasteiger partial charge in [0.2, 0.25) is 5.82 Å². The molecule has 0 saturated carbocycles. The number of nitrogens with one attached hydrogen (secondary N) is 2. The van der Waals surface area contributed by atoms with E-state index in [2.05, 4.69) is 32.9 Å². The van der Waals surface area contributed by atoms with E-state index in [4.69, 9.17) is 11.6 Å². The molecule has 1 amide bonds. The summed E-state index contributed by atoms with van der Waals surface area (Å²) in [5.41, 5.74) is 2.27. The van der Waals surface area contributed by atoms with Crippen LogP contribution in [0.3, 0.4) is 0 Å². The van der Waals surface area contributed by atoms with Crippen LogP contribution in [0.4, 0.5) is 0 Å².